The molecule has 1 aliphatic carbocycles. The first kappa shape index (κ1) is 18.1. The number of nitrogens with one attached hydrogen (secondary N) is 1. The van der Waals surface area contributed by atoms with Crippen LogP contribution < -0.4 is 5.32 Å². The minimum Gasteiger partial charge on any atom is -0.480 e. The lowest BCUT2D eigenvalue weighted by Crippen LogP contribution is -2.50. The Morgan fingerprint density at radius 1 is 1.29 bits per heavy atom. The summed E-state index contributed by atoms with van der Waals surface area (Å²) in [4.78, 5) is 11.2. The third-order valence-corrected chi connectivity index (χ3v) is 3.24. The maximum Gasteiger partial charge on any atom is 0.455 e. The van der Waals surface area contributed by atoms with Gasteiger partial charge in [0.05, 0.1) is 0 Å². The van der Waals surface area contributed by atoms with Gasteiger partial charge in [-0.1, -0.05) is 0 Å². The van der Waals surface area contributed by atoms with E-state index in [9.17, 15) is 26.7 Å². The fraction of sp³-hybridized carbons (Fsp3) is 0.917. The summed E-state index contributed by atoms with van der Waals surface area (Å²) in [6.07, 6.45) is -3.75. The van der Waals surface area contributed by atoms with E-state index in [-0.39, 0.29) is 25.5 Å². The Bertz CT molecular complexity index is 370. The summed E-state index contributed by atoms with van der Waals surface area (Å²) in [5, 5.41) is 12.0. The van der Waals surface area contributed by atoms with E-state index in [2.05, 4.69) is 10.1 Å². The molecule has 0 heterocycles. The maximum atomic E-state index is 12.5. The van der Waals surface area contributed by atoms with Crippen LogP contribution in [0.15, 0.2) is 0 Å². The SMILES string of the molecule is CC(CCCOCC(F)(F)C(F)(F)F)(NC1CC1)C(=O)O. The molecule has 0 spiro atoms. The molecule has 0 radical (unpaired) electrons. The van der Waals surface area contributed by atoms with Crippen LogP contribution in [0.4, 0.5) is 22.0 Å². The minimum atomic E-state index is -5.64. The maximum absolute atomic E-state index is 12.5. The van der Waals surface area contributed by atoms with Crippen molar-refractivity contribution in [1.82, 2.24) is 5.32 Å². The molecule has 1 saturated carbocycles. The van der Waals surface area contributed by atoms with Crippen molar-refractivity contribution in [2.75, 3.05) is 13.2 Å². The van der Waals surface area contributed by atoms with Crippen molar-refractivity contribution in [3.8, 4) is 0 Å². The van der Waals surface area contributed by atoms with Crippen LogP contribution in [-0.4, -0.2) is 48.0 Å². The van der Waals surface area contributed by atoms with E-state index in [0.717, 1.165) is 12.8 Å². The van der Waals surface area contributed by atoms with Gasteiger partial charge in [0.25, 0.3) is 0 Å². The van der Waals surface area contributed by atoms with Gasteiger partial charge in [0.1, 0.15) is 12.1 Å². The standard InChI is InChI=1S/C12H18F5NO3/c1-10(9(19)20,18-8-3-4-8)5-2-6-21-7-11(13,14)12(15,16)17/h8,18H,2-7H2,1H3,(H,19,20). The second-order valence-corrected chi connectivity index (χ2v) is 5.41. The molecule has 124 valence electrons. The number of carbonyl (C=O) groups is 1. The van der Waals surface area contributed by atoms with Gasteiger partial charge in [0.15, 0.2) is 0 Å². The zero-order valence-corrected chi connectivity index (χ0v) is 11.5. The fourth-order valence-electron chi connectivity index (χ4n) is 1.73. The Balaban J connectivity index is 2.30. The number of rotatable bonds is 9. The molecule has 1 atom stereocenters. The predicted octanol–water partition coefficient (Wildman–Crippen LogP) is 2.58. The number of hydrogen-bond donors (Lipinski definition) is 2. The topological polar surface area (TPSA) is 58.6 Å². The number of carboxylic acids is 1. The molecule has 0 aromatic heterocycles. The largest absolute Gasteiger partial charge is 0.480 e. The van der Waals surface area contributed by atoms with Crippen molar-refractivity contribution in [3.05, 3.63) is 0 Å². The van der Waals surface area contributed by atoms with Crippen LogP contribution in [0.1, 0.15) is 32.6 Å². The third-order valence-electron chi connectivity index (χ3n) is 3.24. The summed E-state index contributed by atoms with van der Waals surface area (Å²) in [6.45, 7) is -0.658. The smallest absolute Gasteiger partial charge is 0.455 e. The molecule has 1 aliphatic rings. The Kier molecular flexibility index (Phi) is 5.54. The molecule has 21 heavy (non-hydrogen) atoms. The van der Waals surface area contributed by atoms with Gasteiger partial charge < -0.3 is 9.84 Å². The first-order chi connectivity index (χ1) is 9.48. The molecular weight excluding hydrogens is 301 g/mol. The molecule has 1 unspecified atom stereocenters. The van der Waals surface area contributed by atoms with Crippen LogP contribution in [-0.2, 0) is 9.53 Å². The van der Waals surface area contributed by atoms with Crippen molar-refractivity contribution in [1.29, 1.82) is 0 Å². The summed E-state index contributed by atoms with van der Waals surface area (Å²) in [6, 6.07) is 0.126. The van der Waals surface area contributed by atoms with E-state index in [1.165, 1.54) is 6.92 Å². The van der Waals surface area contributed by atoms with E-state index < -0.39 is 30.2 Å². The summed E-state index contributed by atoms with van der Waals surface area (Å²) in [5.74, 6) is -5.98. The van der Waals surface area contributed by atoms with Gasteiger partial charge in [-0.05, 0) is 32.6 Å². The highest BCUT2D eigenvalue weighted by molar-refractivity contribution is 5.78. The molecule has 0 saturated heterocycles. The molecule has 9 heteroatoms. The lowest BCUT2D eigenvalue weighted by Gasteiger charge is -2.26. The third kappa shape index (κ3) is 5.39. The second-order valence-electron chi connectivity index (χ2n) is 5.41. The molecule has 1 fully saturated rings. The molecule has 0 amide bonds. The van der Waals surface area contributed by atoms with Crippen LogP contribution in [0.2, 0.25) is 0 Å². The number of ether oxygens (including phenoxy) is 1. The van der Waals surface area contributed by atoms with Gasteiger partial charge in [-0.2, -0.15) is 22.0 Å². The van der Waals surface area contributed by atoms with Gasteiger partial charge in [-0.3, -0.25) is 10.1 Å². The number of aliphatic carboxylic acids is 1. The molecule has 0 aromatic rings. The summed E-state index contributed by atoms with van der Waals surface area (Å²) in [5.41, 5.74) is -1.23. The Hall–Kier alpha value is -0.960. The van der Waals surface area contributed by atoms with Gasteiger partial charge in [0.2, 0.25) is 0 Å². The lowest BCUT2D eigenvalue weighted by molar-refractivity contribution is -0.296. The highest BCUT2D eigenvalue weighted by Crippen LogP contribution is 2.35. The van der Waals surface area contributed by atoms with Gasteiger partial charge >= 0.3 is 18.1 Å². The predicted molar refractivity (Wildman–Crippen MR) is 63.3 cm³/mol. The second kappa shape index (κ2) is 6.43. The number of halogens is 5. The van der Waals surface area contributed by atoms with E-state index in [0.29, 0.717) is 0 Å². The lowest BCUT2D eigenvalue weighted by atomic mass is 9.96. The molecule has 0 bridgehead atoms. The van der Waals surface area contributed by atoms with E-state index >= 15 is 0 Å². The quantitative estimate of drug-likeness (QED) is 0.507. The zero-order valence-electron chi connectivity index (χ0n) is 11.5. The molecule has 0 aromatic carbocycles. The molecule has 2 N–H and O–H groups in total. The molecular formula is C12H18F5NO3. The molecule has 0 aliphatic heterocycles. The van der Waals surface area contributed by atoms with Crippen LogP contribution in [0.3, 0.4) is 0 Å². The average molecular weight is 319 g/mol. The minimum absolute atomic E-state index is 0.0659. The van der Waals surface area contributed by atoms with Crippen molar-refractivity contribution >= 4 is 5.97 Å². The zero-order chi connectivity index (χ0) is 16.3. The number of carboxylic acid groups (broad SMARTS) is 1. The Morgan fingerprint density at radius 2 is 1.86 bits per heavy atom. The van der Waals surface area contributed by atoms with Crippen LogP contribution in [0.5, 0.6) is 0 Å². The molecule has 1 rings (SSSR count). The molecule has 4 nitrogen and oxygen atoms in total. The van der Waals surface area contributed by atoms with E-state index in [1.807, 2.05) is 0 Å². The van der Waals surface area contributed by atoms with Gasteiger partial charge in [0, 0.05) is 12.6 Å². The fourth-order valence-corrected chi connectivity index (χ4v) is 1.73. The highest BCUT2D eigenvalue weighted by atomic mass is 19.4. The summed E-state index contributed by atoms with van der Waals surface area (Å²) in [7, 11) is 0. The average Bonchev–Trinajstić information content (AvgIpc) is 3.10. The van der Waals surface area contributed by atoms with Crippen molar-refractivity contribution in [2.45, 2.75) is 56.3 Å². The monoisotopic (exact) mass is 319 g/mol. The van der Waals surface area contributed by atoms with Gasteiger partial charge in [-0.25, -0.2) is 0 Å². The van der Waals surface area contributed by atoms with Crippen molar-refractivity contribution in [3.63, 3.8) is 0 Å². The number of hydrogen-bond acceptors (Lipinski definition) is 3. The van der Waals surface area contributed by atoms with Crippen LogP contribution in [0.25, 0.3) is 0 Å². The Labute approximate surface area is 118 Å². The van der Waals surface area contributed by atoms with Crippen LogP contribution in [0, 0.1) is 0 Å². The first-order valence-corrected chi connectivity index (χ1v) is 6.51. The number of alkyl halides is 5. The summed E-state index contributed by atoms with van der Waals surface area (Å²) < 4.78 is 65.0. The Morgan fingerprint density at radius 3 is 2.29 bits per heavy atom. The van der Waals surface area contributed by atoms with E-state index in [1.54, 1.807) is 0 Å². The normalized spacial score (nSPS) is 19.3. The highest BCUT2D eigenvalue weighted by Gasteiger charge is 2.57. The van der Waals surface area contributed by atoms with Crippen LogP contribution >= 0.6 is 0 Å². The first-order valence-electron chi connectivity index (χ1n) is 6.51. The summed E-state index contributed by atoms with van der Waals surface area (Å²) >= 11 is 0. The van der Waals surface area contributed by atoms with Crippen molar-refractivity contribution < 1.29 is 36.6 Å². The van der Waals surface area contributed by atoms with Crippen molar-refractivity contribution in [2.24, 2.45) is 0 Å². The van der Waals surface area contributed by atoms with Gasteiger partial charge in [-0.15, -0.1) is 0 Å². The van der Waals surface area contributed by atoms with E-state index in [4.69, 9.17) is 5.11 Å².